The van der Waals surface area contributed by atoms with Crippen LogP contribution in [0.3, 0.4) is 0 Å². The van der Waals surface area contributed by atoms with Gasteiger partial charge in [0.25, 0.3) is 0 Å². The molecular weight excluding hydrogens is 276 g/mol. The van der Waals surface area contributed by atoms with E-state index in [9.17, 15) is 0 Å². The highest BCUT2D eigenvalue weighted by Gasteiger charge is 2.22. The van der Waals surface area contributed by atoms with E-state index in [1.807, 2.05) is 11.3 Å². The number of thiazole rings is 1. The summed E-state index contributed by atoms with van der Waals surface area (Å²) in [6.45, 7) is 13.2. The highest BCUT2D eigenvalue weighted by Crippen LogP contribution is 2.33. The fraction of sp³-hybridized carbons (Fsp3) is 0.500. The van der Waals surface area contributed by atoms with Crippen molar-refractivity contribution in [2.45, 2.75) is 59.4 Å². The summed E-state index contributed by atoms with van der Waals surface area (Å²) in [4.78, 5) is 6.09. The Morgan fingerprint density at radius 1 is 1.29 bits per heavy atom. The molecule has 0 amide bonds. The molecule has 1 N–H and O–H groups in total. The number of rotatable bonds is 4. The fourth-order valence-electron chi connectivity index (χ4n) is 2.33. The quantitative estimate of drug-likeness (QED) is 0.808. The number of aromatic nitrogens is 1. The molecule has 2 nitrogen and oxygen atoms in total. The summed E-state index contributed by atoms with van der Waals surface area (Å²) in [5.41, 5.74) is 3.82. The van der Waals surface area contributed by atoms with Gasteiger partial charge in [0.05, 0.1) is 16.7 Å². The molecule has 2 aromatic rings. The van der Waals surface area contributed by atoms with Crippen LogP contribution in [0.5, 0.6) is 0 Å². The van der Waals surface area contributed by atoms with Gasteiger partial charge in [0.2, 0.25) is 0 Å². The molecule has 1 heterocycles. The van der Waals surface area contributed by atoms with E-state index in [1.165, 1.54) is 21.1 Å². The molecule has 0 fully saturated rings. The predicted octanol–water partition coefficient (Wildman–Crippen LogP) is 5.48. The van der Waals surface area contributed by atoms with Gasteiger partial charge in [-0.1, -0.05) is 39.8 Å². The second-order valence-electron chi connectivity index (χ2n) is 6.64. The Bertz CT molecular complexity index is 608. The molecule has 0 saturated heterocycles. The van der Waals surface area contributed by atoms with Crippen LogP contribution in [0.25, 0.3) is 0 Å². The normalized spacial score (nSPS) is 13.2. The smallest absolute Gasteiger partial charge is 0.0985 e. The van der Waals surface area contributed by atoms with Crippen LogP contribution in [0.2, 0.25) is 0 Å². The average Bonchev–Trinajstić information content (AvgIpc) is 2.81. The van der Waals surface area contributed by atoms with Crippen LogP contribution in [-0.2, 0) is 11.8 Å². The van der Waals surface area contributed by atoms with Crippen LogP contribution in [0, 0.1) is 6.92 Å². The Morgan fingerprint density at radius 3 is 2.57 bits per heavy atom. The Labute approximate surface area is 132 Å². The van der Waals surface area contributed by atoms with Crippen molar-refractivity contribution in [2.24, 2.45) is 0 Å². The standard InChI is InChI=1S/C18H26N2S/c1-7-14-9-8-10-15(11-14)19-12(2)16-13(3)20-17(21-16)18(4,5)6/h8-12,19H,7H2,1-6H3. The number of aryl methyl sites for hydroxylation is 2. The van der Waals surface area contributed by atoms with E-state index in [2.05, 4.69) is 71.1 Å². The maximum absolute atomic E-state index is 4.76. The molecule has 0 spiro atoms. The van der Waals surface area contributed by atoms with Gasteiger partial charge in [0.1, 0.15) is 0 Å². The van der Waals surface area contributed by atoms with Crippen LogP contribution in [0.4, 0.5) is 5.69 Å². The van der Waals surface area contributed by atoms with Crippen molar-refractivity contribution in [3.8, 4) is 0 Å². The van der Waals surface area contributed by atoms with Gasteiger partial charge >= 0.3 is 0 Å². The first-order valence-electron chi connectivity index (χ1n) is 7.64. The zero-order valence-corrected chi connectivity index (χ0v) is 14.8. The van der Waals surface area contributed by atoms with E-state index < -0.39 is 0 Å². The van der Waals surface area contributed by atoms with E-state index >= 15 is 0 Å². The van der Waals surface area contributed by atoms with Crippen molar-refractivity contribution in [1.29, 1.82) is 0 Å². The lowest BCUT2D eigenvalue weighted by Gasteiger charge is -2.16. The molecule has 3 heteroatoms. The van der Waals surface area contributed by atoms with Gasteiger partial charge in [0, 0.05) is 16.0 Å². The summed E-state index contributed by atoms with van der Waals surface area (Å²) in [5, 5.41) is 4.82. The Hall–Kier alpha value is -1.35. The third-order valence-corrected chi connectivity index (χ3v) is 5.35. The SMILES string of the molecule is CCc1cccc(NC(C)c2sc(C(C)(C)C)nc2C)c1. The summed E-state index contributed by atoms with van der Waals surface area (Å²) >= 11 is 1.83. The van der Waals surface area contributed by atoms with Gasteiger partial charge in [-0.15, -0.1) is 11.3 Å². The maximum atomic E-state index is 4.76. The second kappa shape index (κ2) is 6.18. The van der Waals surface area contributed by atoms with Crippen molar-refractivity contribution < 1.29 is 0 Å². The minimum Gasteiger partial charge on any atom is -0.378 e. The van der Waals surface area contributed by atoms with E-state index in [0.717, 1.165) is 12.1 Å². The summed E-state index contributed by atoms with van der Waals surface area (Å²) in [7, 11) is 0. The number of nitrogens with one attached hydrogen (secondary N) is 1. The largest absolute Gasteiger partial charge is 0.378 e. The van der Waals surface area contributed by atoms with Crippen LogP contribution >= 0.6 is 11.3 Å². The van der Waals surface area contributed by atoms with E-state index in [1.54, 1.807) is 0 Å². The molecule has 1 aromatic carbocycles. The maximum Gasteiger partial charge on any atom is 0.0985 e. The molecule has 1 unspecified atom stereocenters. The number of hydrogen-bond donors (Lipinski definition) is 1. The lowest BCUT2D eigenvalue weighted by atomic mass is 9.98. The van der Waals surface area contributed by atoms with E-state index in [0.29, 0.717) is 0 Å². The highest BCUT2D eigenvalue weighted by molar-refractivity contribution is 7.12. The summed E-state index contributed by atoms with van der Waals surface area (Å²) in [5.74, 6) is 0. The molecule has 114 valence electrons. The van der Waals surface area contributed by atoms with Crippen LogP contribution in [0.15, 0.2) is 24.3 Å². The molecule has 2 rings (SSSR count). The van der Waals surface area contributed by atoms with Gasteiger partial charge in [-0.3, -0.25) is 0 Å². The third kappa shape index (κ3) is 3.85. The van der Waals surface area contributed by atoms with Crippen molar-refractivity contribution in [2.75, 3.05) is 5.32 Å². The minimum atomic E-state index is 0.121. The molecule has 0 aliphatic heterocycles. The van der Waals surface area contributed by atoms with E-state index in [-0.39, 0.29) is 11.5 Å². The lowest BCUT2D eigenvalue weighted by Crippen LogP contribution is -2.10. The molecular formula is C18H26N2S. The first kappa shape index (κ1) is 16.0. The monoisotopic (exact) mass is 302 g/mol. The van der Waals surface area contributed by atoms with Crippen LogP contribution < -0.4 is 5.32 Å². The molecule has 0 aliphatic carbocycles. The second-order valence-corrected chi connectivity index (χ2v) is 7.67. The molecule has 0 radical (unpaired) electrons. The van der Waals surface area contributed by atoms with Crippen LogP contribution in [-0.4, -0.2) is 4.98 Å². The fourth-order valence-corrected chi connectivity index (χ4v) is 3.45. The van der Waals surface area contributed by atoms with Gasteiger partial charge < -0.3 is 5.32 Å². The molecule has 0 aliphatic rings. The first-order valence-corrected chi connectivity index (χ1v) is 8.46. The van der Waals surface area contributed by atoms with E-state index in [4.69, 9.17) is 4.98 Å². The summed E-state index contributed by atoms with van der Waals surface area (Å²) in [6, 6.07) is 8.94. The van der Waals surface area contributed by atoms with Crippen molar-refractivity contribution in [1.82, 2.24) is 4.98 Å². The van der Waals surface area contributed by atoms with Crippen molar-refractivity contribution in [3.05, 3.63) is 45.4 Å². The van der Waals surface area contributed by atoms with Gasteiger partial charge in [0.15, 0.2) is 0 Å². The lowest BCUT2D eigenvalue weighted by molar-refractivity contribution is 0.584. The Balaban J connectivity index is 2.20. The van der Waals surface area contributed by atoms with Gasteiger partial charge in [-0.25, -0.2) is 4.98 Å². The zero-order chi connectivity index (χ0) is 15.6. The number of benzene rings is 1. The Kier molecular flexibility index (Phi) is 4.72. The van der Waals surface area contributed by atoms with Crippen molar-refractivity contribution >= 4 is 17.0 Å². The molecule has 1 aromatic heterocycles. The third-order valence-electron chi connectivity index (χ3n) is 3.59. The topological polar surface area (TPSA) is 24.9 Å². The van der Waals surface area contributed by atoms with Crippen LogP contribution in [0.1, 0.15) is 61.8 Å². The minimum absolute atomic E-state index is 0.121. The predicted molar refractivity (Wildman–Crippen MR) is 93.4 cm³/mol. The average molecular weight is 302 g/mol. The number of hydrogen-bond acceptors (Lipinski definition) is 3. The highest BCUT2D eigenvalue weighted by atomic mass is 32.1. The molecule has 21 heavy (non-hydrogen) atoms. The summed E-state index contributed by atoms with van der Waals surface area (Å²) in [6.07, 6.45) is 1.07. The summed E-state index contributed by atoms with van der Waals surface area (Å²) < 4.78 is 0. The van der Waals surface area contributed by atoms with Crippen molar-refractivity contribution in [3.63, 3.8) is 0 Å². The number of nitrogens with zero attached hydrogens (tertiary/aromatic N) is 1. The first-order chi connectivity index (χ1) is 9.81. The Morgan fingerprint density at radius 2 is 2.00 bits per heavy atom. The van der Waals surface area contributed by atoms with Gasteiger partial charge in [-0.2, -0.15) is 0 Å². The molecule has 1 atom stereocenters. The zero-order valence-electron chi connectivity index (χ0n) is 13.9. The molecule has 0 bridgehead atoms. The van der Waals surface area contributed by atoms with Gasteiger partial charge in [-0.05, 0) is 38.0 Å². The molecule has 0 saturated carbocycles. The number of anilines is 1.